The van der Waals surface area contributed by atoms with E-state index in [-0.39, 0.29) is 12.5 Å². The lowest BCUT2D eigenvalue weighted by atomic mass is 10.00. The number of carbonyl (C=O) groups is 1. The molecule has 0 fully saturated rings. The zero-order chi connectivity index (χ0) is 13.7. The Morgan fingerprint density at radius 2 is 2.06 bits per heavy atom. The molecule has 100 valence electrons. The van der Waals surface area contributed by atoms with Crippen LogP contribution in [0.4, 0.5) is 0 Å². The van der Waals surface area contributed by atoms with E-state index in [1.54, 1.807) is 0 Å². The number of amides is 1. The molecule has 0 aliphatic carbocycles. The number of nitrogens with one attached hydrogen (secondary N) is 1. The van der Waals surface area contributed by atoms with Crippen LogP contribution in [0.3, 0.4) is 0 Å². The average molecular weight is 251 g/mol. The summed E-state index contributed by atoms with van der Waals surface area (Å²) in [6.07, 6.45) is -0.691. The second kappa shape index (κ2) is 6.40. The predicted molar refractivity (Wildman–Crippen MR) is 70.7 cm³/mol. The number of aliphatic hydroxyl groups excluding tert-OH is 1. The minimum Gasteiger partial charge on any atom is -0.494 e. The van der Waals surface area contributed by atoms with Crippen molar-refractivity contribution >= 4 is 5.91 Å². The first-order valence-corrected chi connectivity index (χ1v) is 6.12. The van der Waals surface area contributed by atoms with Gasteiger partial charge in [0, 0.05) is 13.5 Å². The van der Waals surface area contributed by atoms with Gasteiger partial charge in [-0.1, -0.05) is 0 Å². The lowest BCUT2D eigenvalue weighted by molar-refractivity contribution is -0.119. The molecule has 1 rings (SSSR count). The molecule has 0 radical (unpaired) electrons. The second-order valence-corrected chi connectivity index (χ2v) is 4.36. The molecule has 4 nitrogen and oxygen atoms in total. The molecule has 18 heavy (non-hydrogen) atoms. The van der Waals surface area contributed by atoms with Crippen molar-refractivity contribution < 1.29 is 14.6 Å². The second-order valence-electron chi connectivity index (χ2n) is 4.36. The van der Waals surface area contributed by atoms with E-state index in [4.69, 9.17) is 4.74 Å². The van der Waals surface area contributed by atoms with Gasteiger partial charge in [-0.2, -0.15) is 0 Å². The summed E-state index contributed by atoms with van der Waals surface area (Å²) in [5, 5.41) is 12.6. The van der Waals surface area contributed by atoms with Crippen LogP contribution in [0.25, 0.3) is 0 Å². The molecule has 0 saturated heterocycles. The molecule has 0 bridgehead atoms. The van der Waals surface area contributed by atoms with Crippen molar-refractivity contribution in [2.45, 2.75) is 33.8 Å². The zero-order valence-electron chi connectivity index (χ0n) is 11.4. The lowest BCUT2D eigenvalue weighted by Crippen LogP contribution is -2.26. The summed E-state index contributed by atoms with van der Waals surface area (Å²) in [6.45, 7) is 8.09. The SMILES string of the molecule is CCOc1cc(C)c(C(O)CNC(C)=O)cc1C. The van der Waals surface area contributed by atoms with Gasteiger partial charge >= 0.3 is 0 Å². The maximum absolute atomic E-state index is 10.8. The molecular weight excluding hydrogens is 230 g/mol. The standard InChI is InChI=1S/C14H21NO3/c1-5-18-14-7-9(2)12(6-10(14)3)13(17)8-15-11(4)16/h6-7,13,17H,5,8H2,1-4H3,(H,15,16). The van der Waals surface area contributed by atoms with Crippen LogP contribution >= 0.6 is 0 Å². The van der Waals surface area contributed by atoms with E-state index in [0.29, 0.717) is 6.61 Å². The molecule has 0 spiro atoms. The van der Waals surface area contributed by atoms with Gasteiger partial charge in [-0.05, 0) is 49.6 Å². The van der Waals surface area contributed by atoms with Gasteiger partial charge < -0.3 is 15.2 Å². The van der Waals surface area contributed by atoms with Crippen LogP contribution in [0.5, 0.6) is 5.75 Å². The van der Waals surface area contributed by atoms with Crippen LogP contribution in [0.15, 0.2) is 12.1 Å². The van der Waals surface area contributed by atoms with Crippen molar-refractivity contribution in [3.05, 3.63) is 28.8 Å². The highest BCUT2D eigenvalue weighted by Gasteiger charge is 2.13. The Morgan fingerprint density at radius 1 is 1.39 bits per heavy atom. The third-order valence-electron chi connectivity index (χ3n) is 2.77. The fourth-order valence-electron chi connectivity index (χ4n) is 1.83. The van der Waals surface area contributed by atoms with Crippen LogP contribution in [0.1, 0.15) is 36.6 Å². The quantitative estimate of drug-likeness (QED) is 0.840. The van der Waals surface area contributed by atoms with E-state index in [1.807, 2.05) is 32.9 Å². The Kier molecular flexibility index (Phi) is 5.16. The van der Waals surface area contributed by atoms with E-state index < -0.39 is 6.10 Å². The topological polar surface area (TPSA) is 58.6 Å². The smallest absolute Gasteiger partial charge is 0.216 e. The molecular formula is C14H21NO3. The van der Waals surface area contributed by atoms with E-state index in [2.05, 4.69) is 5.32 Å². The summed E-state index contributed by atoms with van der Waals surface area (Å²) in [4.78, 5) is 10.8. The maximum Gasteiger partial charge on any atom is 0.216 e. The van der Waals surface area contributed by atoms with E-state index >= 15 is 0 Å². The van der Waals surface area contributed by atoms with Gasteiger partial charge in [0.2, 0.25) is 5.91 Å². The number of hydrogen-bond donors (Lipinski definition) is 2. The molecule has 0 aromatic heterocycles. The van der Waals surface area contributed by atoms with Crippen molar-refractivity contribution in [1.82, 2.24) is 5.32 Å². The monoisotopic (exact) mass is 251 g/mol. The summed E-state index contributed by atoms with van der Waals surface area (Å²) in [5.41, 5.74) is 2.77. The predicted octanol–water partition coefficient (Wildman–Crippen LogP) is 1.87. The molecule has 1 aromatic rings. The lowest BCUT2D eigenvalue weighted by Gasteiger charge is -2.17. The fourth-order valence-corrected chi connectivity index (χ4v) is 1.83. The Hall–Kier alpha value is -1.55. The van der Waals surface area contributed by atoms with E-state index in [1.165, 1.54) is 6.92 Å². The van der Waals surface area contributed by atoms with Gasteiger partial charge in [0.1, 0.15) is 5.75 Å². The van der Waals surface area contributed by atoms with E-state index in [0.717, 1.165) is 22.4 Å². The highest BCUT2D eigenvalue weighted by molar-refractivity contribution is 5.72. The summed E-state index contributed by atoms with van der Waals surface area (Å²) in [5.74, 6) is 0.694. The molecule has 0 saturated carbocycles. The van der Waals surface area contributed by atoms with Gasteiger partial charge in [-0.25, -0.2) is 0 Å². The molecule has 2 N–H and O–H groups in total. The Labute approximate surface area is 108 Å². The van der Waals surface area contributed by atoms with Crippen LogP contribution in [0, 0.1) is 13.8 Å². The number of carbonyl (C=O) groups excluding carboxylic acids is 1. The minimum absolute atomic E-state index is 0.144. The third kappa shape index (κ3) is 3.74. The van der Waals surface area contributed by atoms with Crippen molar-refractivity contribution in [3.63, 3.8) is 0 Å². The Bertz CT molecular complexity index is 429. The highest BCUT2D eigenvalue weighted by Crippen LogP contribution is 2.26. The number of rotatable bonds is 5. The van der Waals surface area contributed by atoms with Gasteiger partial charge in [-0.15, -0.1) is 0 Å². The van der Waals surface area contributed by atoms with Crippen molar-refractivity contribution in [3.8, 4) is 5.75 Å². The first-order chi connectivity index (χ1) is 8.45. The minimum atomic E-state index is -0.691. The summed E-state index contributed by atoms with van der Waals surface area (Å²) in [7, 11) is 0. The number of aliphatic hydroxyl groups is 1. The van der Waals surface area contributed by atoms with Crippen molar-refractivity contribution in [2.24, 2.45) is 0 Å². The van der Waals surface area contributed by atoms with E-state index in [9.17, 15) is 9.90 Å². The van der Waals surface area contributed by atoms with Crippen molar-refractivity contribution in [2.75, 3.05) is 13.2 Å². The molecule has 1 unspecified atom stereocenters. The zero-order valence-corrected chi connectivity index (χ0v) is 11.4. The van der Waals surface area contributed by atoms with Gasteiger partial charge in [0.05, 0.1) is 12.7 Å². The summed E-state index contributed by atoms with van der Waals surface area (Å²) in [6, 6.07) is 3.83. The normalized spacial score (nSPS) is 12.1. The molecule has 0 aliphatic rings. The molecule has 1 aromatic carbocycles. The molecule has 1 atom stereocenters. The molecule has 0 heterocycles. The Morgan fingerprint density at radius 3 is 2.61 bits per heavy atom. The van der Waals surface area contributed by atoms with Crippen LogP contribution in [-0.2, 0) is 4.79 Å². The fraction of sp³-hybridized carbons (Fsp3) is 0.500. The molecule has 4 heteroatoms. The first-order valence-electron chi connectivity index (χ1n) is 6.12. The van der Waals surface area contributed by atoms with Crippen LogP contribution in [0.2, 0.25) is 0 Å². The number of aryl methyl sites for hydroxylation is 2. The van der Waals surface area contributed by atoms with Gasteiger partial charge in [0.25, 0.3) is 0 Å². The Balaban J connectivity index is 2.89. The number of benzene rings is 1. The van der Waals surface area contributed by atoms with Gasteiger partial charge in [0.15, 0.2) is 0 Å². The molecule has 1 amide bonds. The average Bonchev–Trinajstić information content (AvgIpc) is 2.30. The van der Waals surface area contributed by atoms with Gasteiger partial charge in [-0.3, -0.25) is 4.79 Å². The number of ether oxygens (including phenoxy) is 1. The van der Waals surface area contributed by atoms with Crippen LogP contribution in [-0.4, -0.2) is 24.2 Å². The van der Waals surface area contributed by atoms with Crippen LogP contribution < -0.4 is 10.1 Å². The summed E-state index contributed by atoms with van der Waals surface area (Å²) < 4.78 is 5.50. The summed E-state index contributed by atoms with van der Waals surface area (Å²) >= 11 is 0. The maximum atomic E-state index is 10.8. The molecule has 0 aliphatic heterocycles. The van der Waals surface area contributed by atoms with Crippen molar-refractivity contribution in [1.29, 1.82) is 0 Å². The highest BCUT2D eigenvalue weighted by atomic mass is 16.5. The number of hydrogen-bond acceptors (Lipinski definition) is 3. The largest absolute Gasteiger partial charge is 0.494 e. The third-order valence-corrected chi connectivity index (χ3v) is 2.77. The first kappa shape index (κ1) is 14.5.